The normalized spacial score (nSPS) is 21.3. The molecule has 1 aliphatic carbocycles. The molecular formula is C21H21F3O2. The maximum absolute atomic E-state index is 13.0. The number of benzene rings is 2. The molecule has 0 spiro atoms. The van der Waals surface area contributed by atoms with Gasteiger partial charge in [0.2, 0.25) is 0 Å². The molecule has 5 heteroatoms. The number of halogens is 3. The summed E-state index contributed by atoms with van der Waals surface area (Å²) < 4.78 is 44.1. The van der Waals surface area contributed by atoms with Crippen molar-refractivity contribution in [1.29, 1.82) is 0 Å². The molecule has 0 heterocycles. The maximum atomic E-state index is 13.0. The van der Waals surface area contributed by atoms with E-state index in [1.807, 2.05) is 44.2 Å². The molecule has 0 bridgehead atoms. The Hall–Kier alpha value is -2.30. The molecule has 0 unspecified atom stereocenters. The van der Waals surface area contributed by atoms with Crippen LogP contribution in [-0.2, 0) is 17.4 Å². The summed E-state index contributed by atoms with van der Waals surface area (Å²) in [5, 5.41) is 0. The number of alkyl halides is 3. The van der Waals surface area contributed by atoms with Gasteiger partial charge < -0.3 is 4.74 Å². The molecule has 0 saturated heterocycles. The monoisotopic (exact) mass is 362 g/mol. The van der Waals surface area contributed by atoms with Crippen molar-refractivity contribution in [2.24, 2.45) is 11.3 Å². The molecule has 0 aromatic heterocycles. The zero-order valence-electron chi connectivity index (χ0n) is 14.9. The van der Waals surface area contributed by atoms with E-state index in [-0.39, 0.29) is 35.0 Å². The number of Topliss-reactive ketones (excluding diaryl/α,β-unsaturated/α-hetero) is 1. The molecule has 0 aliphatic heterocycles. The van der Waals surface area contributed by atoms with E-state index in [0.717, 1.165) is 17.7 Å². The van der Waals surface area contributed by atoms with E-state index in [2.05, 4.69) is 0 Å². The van der Waals surface area contributed by atoms with Crippen LogP contribution in [0.1, 0.15) is 36.5 Å². The molecular weight excluding hydrogens is 341 g/mol. The minimum Gasteiger partial charge on any atom is -0.496 e. The van der Waals surface area contributed by atoms with Gasteiger partial charge in [0.05, 0.1) is 12.7 Å². The van der Waals surface area contributed by atoms with Gasteiger partial charge in [-0.05, 0) is 35.1 Å². The highest BCUT2D eigenvalue weighted by molar-refractivity contribution is 5.89. The Balaban J connectivity index is 1.84. The number of ketones is 1. The number of ether oxygens (including phenoxy) is 1. The Morgan fingerprint density at radius 3 is 2.35 bits per heavy atom. The minimum atomic E-state index is -4.45. The molecule has 1 fully saturated rings. The highest BCUT2D eigenvalue weighted by Crippen LogP contribution is 2.65. The van der Waals surface area contributed by atoms with Gasteiger partial charge in [0.15, 0.2) is 0 Å². The lowest BCUT2D eigenvalue weighted by molar-refractivity contribution is -0.137. The number of carbonyl (C=O) groups excluding carboxylic acids is 1. The summed E-state index contributed by atoms with van der Waals surface area (Å²) in [5.41, 5.74) is 0.400. The molecule has 2 aromatic carbocycles. The fourth-order valence-electron chi connectivity index (χ4n) is 3.91. The summed E-state index contributed by atoms with van der Waals surface area (Å²) >= 11 is 0. The third-order valence-corrected chi connectivity index (χ3v) is 5.31. The van der Waals surface area contributed by atoms with Gasteiger partial charge in [0.25, 0.3) is 0 Å². The maximum Gasteiger partial charge on any atom is 0.416 e. The predicted molar refractivity (Wildman–Crippen MR) is 93.2 cm³/mol. The van der Waals surface area contributed by atoms with Crippen LogP contribution in [-0.4, -0.2) is 12.9 Å². The second kappa shape index (κ2) is 6.45. The van der Waals surface area contributed by atoms with Crippen LogP contribution < -0.4 is 4.74 Å². The Bertz CT molecular complexity index is 810. The van der Waals surface area contributed by atoms with Crippen LogP contribution >= 0.6 is 0 Å². The summed E-state index contributed by atoms with van der Waals surface area (Å²) in [6, 6.07) is 13.0. The second-order valence-corrected chi connectivity index (χ2v) is 7.35. The average molecular weight is 362 g/mol. The summed E-state index contributed by atoms with van der Waals surface area (Å²) in [7, 11) is 1.39. The molecule has 0 radical (unpaired) electrons. The summed E-state index contributed by atoms with van der Waals surface area (Å²) in [6.07, 6.45) is -4.51. The number of hydrogen-bond donors (Lipinski definition) is 0. The van der Waals surface area contributed by atoms with E-state index in [9.17, 15) is 18.0 Å². The molecule has 2 nitrogen and oxygen atoms in total. The van der Waals surface area contributed by atoms with Crippen LogP contribution in [0.4, 0.5) is 13.2 Å². The first-order chi connectivity index (χ1) is 12.2. The average Bonchev–Trinajstić information content (AvgIpc) is 3.17. The van der Waals surface area contributed by atoms with Gasteiger partial charge in [-0.3, -0.25) is 4.79 Å². The zero-order chi connectivity index (χ0) is 19.1. The molecule has 2 aromatic rings. The zero-order valence-corrected chi connectivity index (χ0v) is 14.9. The number of hydrogen-bond acceptors (Lipinski definition) is 2. The lowest BCUT2D eigenvalue weighted by Gasteiger charge is -2.12. The molecule has 1 saturated carbocycles. The second-order valence-electron chi connectivity index (χ2n) is 7.35. The Morgan fingerprint density at radius 2 is 1.77 bits per heavy atom. The quantitative estimate of drug-likeness (QED) is 0.725. The van der Waals surface area contributed by atoms with Gasteiger partial charge in [-0.15, -0.1) is 0 Å². The van der Waals surface area contributed by atoms with Crippen LogP contribution in [0.25, 0.3) is 0 Å². The SMILES string of the molecule is COc1ccc(C(F)(F)F)cc1CC(=O)[C@@H]1[C@@H](c2ccccc2)C1(C)C. The fourth-order valence-corrected chi connectivity index (χ4v) is 3.91. The van der Waals surface area contributed by atoms with Crippen molar-refractivity contribution in [3.8, 4) is 5.75 Å². The molecule has 26 heavy (non-hydrogen) atoms. The van der Waals surface area contributed by atoms with Crippen molar-refractivity contribution in [3.63, 3.8) is 0 Å². The number of rotatable bonds is 5. The van der Waals surface area contributed by atoms with Crippen molar-refractivity contribution in [1.82, 2.24) is 0 Å². The van der Waals surface area contributed by atoms with E-state index >= 15 is 0 Å². The van der Waals surface area contributed by atoms with E-state index < -0.39 is 11.7 Å². The van der Waals surface area contributed by atoms with Crippen LogP contribution in [0, 0.1) is 11.3 Å². The smallest absolute Gasteiger partial charge is 0.416 e. The number of methoxy groups -OCH3 is 1. The standard InChI is InChI=1S/C21H21F3O2/c1-20(2)18(13-7-5-4-6-8-13)19(20)16(25)12-14-11-15(21(22,23)24)9-10-17(14)26-3/h4-11,18-19H,12H2,1-3H3/t18-,19-/m1/s1. The van der Waals surface area contributed by atoms with Crippen LogP contribution in [0.5, 0.6) is 5.75 Å². The lowest BCUT2D eigenvalue weighted by atomic mass is 9.99. The van der Waals surface area contributed by atoms with Gasteiger partial charge in [0, 0.05) is 17.9 Å². The molecule has 0 N–H and O–H groups in total. The van der Waals surface area contributed by atoms with E-state index in [1.165, 1.54) is 13.2 Å². The van der Waals surface area contributed by atoms with Crippen molar-refractivity contribution < 1.29 is 22.7 Å². The summed E-state index contributed by atoms with van der Waals surface area (Å²) in [6.45, 7) is 4.05. The number of carbonyl (C=O) groups is 1. The first kappa shape index (κ1) is 18.5. The van der Waals surface area contributed by atoms with Crippen LogP contribution in [0.2, 0.25) is 0 Å². The molecule has 3 rings (SSSR count). The highest BCUT2D eigenvalue weighted by Gasteiger charge is 2.61. The molecule has 1 aliphatic rings. The van der Waals surface area contributed by atoms with E-state index in [4.69, 9.17) is 4.74 Å². The van der Waals surface area contributed by atoms with Gasteiger partial charge in [0.1, 0.15) is 11.5 Å². The molecule has 138 valence electrons. The Morgan fingerprint density at radius 1 is 1.12 bits per heavy atom. The fraction of sp³-hybridized carbons (Fsp3) is 0.381. The van der Waals surface area contributed by atoms with Crippen molar-refractivity contribution in [2.45, 2.75) is 32.4 Å². The Labute approximate surface area is 151 Å². The summed E-state index contributed by atoms with van der Waals surface area (Å²) in [4.78, 5) is 12.9. The third kappa shape index (κ3) is 3.35. The first-order valence-electron chi connectivity index (χ1n) is 8.48. The predicted octanol–water partition coefficient (Wildman–Crippen LogP) is 5.27. The largest absolute Gasteiger partial charge is 0.496 e. The van der Waals surface area contributed by atoms with Crippen molar-refractivity contribution in [2.75, 3.05) is 7.11 Å². The molecule has 0 amide bonds. The third-order valence-electron chi connectivity index (χ3n) is 5.31. The topological polar surface area (TPSA) is 26.3 Å². The van der Waals surface area contributed by atoms with Gasteiger partial charge in [-0.25, -0.2) is 0 Å². The van der Waals surface area contributed by atoms with Gasteiger partial charge in [-0.1, -0.05) is 44.2 Å². The summed E-state index contributed by atoms with van der Waals surface area (Å²) in [5.74, 6) is 0.139. The van der Waals surface area contributed by atoms with Crippen LogP contribution in [0.15, 0.2) is 48.5 Å². The molecule has 2 atom stereocenters. The van der Waals surface area contributed by atoms with Crippen molar-refractivity contribution in [3.05, 3.63) is 65.2 Å². The first-order valence-corrected chi connectivity index (χ1v) is 8.48. The van der Waals surface area contributed by atoms with Crippen LogP contribution in [0.3, 0.4) is 0 Å². The Kier molecular flexibility index (Phi) is 4.59. The minimum absolute atomic E-state index is 0.0542. The van der Waals surface area contributed by atoms with Gasteiger partial charge in [-0.2, -0.15) is 13.2 Å². The lowest BCUT2D eigenvalue weighted by Crippen LogP contribution is -2.12. The van der Waals surface area contributed by atoms with Gasteiger partial charge >= 0.3 is 6.18 Å². The van der Waals surface area contributed by atoms with E-state index in [1.54, 1.807) is 0 Å². The van der Waals surface area contributed by atoms with Crippen molar-refractivity contribution >= 4 is 5.78 Å². The highest BCUT2D eigenvalue weighted by atomic mass is 19.4. The van der Waals surface area contributed by atoms with E-state index in [0.29, 0.717) is 5.75 Å².